The van der Waals surface area contributed by atoms with E-state index in [1.165, 1.54) is 14.2 Å². The molecule has 0 aliphatic rings. The van der Waals surface area contributed by atoms with E-state index in [-0.39, 0.29) is 4.99 Å². The zero-order chi connectivity index (χ0) is 11.4. The Balaban J connectivity index is 3.39. The van der Waals surface area contributed by atoms with Crippen molar-refractivity contribution >= 4 is 17.2 Å². The Kier molecular flexibility index (Phi) is 3.74. The van der Waals surface area contributed by atoms with Crippen molar-refractivity contribution in [2.45, 2.75) is 0 Å². The molecule has 0 spiro atoms. The minimum atomic E-state index is 0.228. The molecule has 0 saturated carbocycles. The van der Waals surface area contributed by atoms with E-state index in [2.05, 4.69) is 0 Å². The standard InChI is InChI=1S/C10H13NO3S/c1-12-6-4-7(13-2)9(10(11)15)8(5-6)14-3/h4-5H,1-3H3,(H2,11,15). The second kappa shape index (κ2) is 4.84. The fourth-order valence-electron chi connectivity index (χ4n) is 1.25. The number of hydrogen-bond donors (Lipinski definition) is 1. The summed E-state index contributed by atoms with van der Waals surface area (Å²) in [6, 6.07) is 3.41. The Morgan fingerprint density at radius 1 is 1.07 bits per heavy atom. The highest BCUT2D eigenvalue weighted by Crippen LogP contribution is 2.33. The lowest BCUT2D eigenvalue weighted by atomic mass is 10.1. The number of nitrogens with two attached hydrogens (primary N) is 1. The van der Waals surface area contributed by atoms with Gasteiger partial charge in [0, 0.05) is 12.1 Å². The van der Waals surface area contributed by atoms with Crippen LogP contribution in [0, 0.1) is 0 Å². The van der Waals surface area contributed by atoms with E-state index >= 15 is 0 Å². The molecule has 0 bridgehead atoms. The summed E-state index contributed by atoms with van der Waals surface area (Å²) in [4.78, 5) is 0.228. The molecule has 15 heavy (non-hydrogen) atoms. The van der Waals surface area contributed by atoms with Crippen molar-refractivity contribution in [2.24, 2.45) is 5.73 Å². The van der Waals surface area contributed by atoms with E-state index in [0.29, 0.717) is 22.8 Å². The number of rotatable bonds is 4. The molecule has 0 atom stereocenters. The molecular formula is C10H13NO3S. The van der Waals surface area contributed by atoms with Crippen LogP contribution in [0.3, 0.4) is 0 Å². The molecule has 4 nitrogen and oxygen atoms in total. The monoisotopic (exact) mass is 227 g/mol. The lowest BCUT2D eigenvalue weighted by molar-refractivity contribution is 0.374. The quantitative estimate of drug-likeness (QED) is 0.787. The van der Waals surface area contributed by atoms with Crippen LogP contribution in [0.25, 0.3) is 0 Å². The first-order chi connectivity index (χ1) is 7.13. The molecule has 0 saturated heterocycles. The molecule has 0 aromatic heterocycles. The van der Waals surface area contributed by atoms with Gasteiger partial charge in [0.2, 0.25) is 0 Å². The van der Waals surface area contributed by atoms with Gasteiger partial charge in [-0.1, -0.05) is 12.2 Å². The van der Waals surface area contributed by atoms with Gasteiger partial charge in [-0.3, -0.25) is 0 Å². The predicted molar refractivity (Wildman–Crippen MR) is 62.0 cm³/mol. The molecule has 0 aliphatic carbocycles. The van der Waals surface area contributed by atoms with Crippen LogP contribution in [0.5, 0.6) is 17.2 Å². The zero-order valence-electron chi connectivity index (χ0n) is 8.87. The van der Waals surface area contributed by atoms with Gasteiger partial charge in [-0.05, 0) is 0 Å². The van der Waals surface area contributed by atoms with Gasteiger partial charge in [0.25, 0.3) is 0 Å². The minimum absolute atomic E-state index is 0.228. The van der Waals surface area contributed by atoms with E-state index < -0.39 is 0 Å². The lowest BCUT2D eigenvalue weighted by Crippen LogP contribution is -2.12. The molecule has 0 unspecified atom stereocenters. The fraction of sp³-hybridized carbons (Fsp3) is 0.300. The summed E-state index contributed by atoms with van der Waals surface area (Å²) >= 11 is 4.93. The van der Waals surface area contributed by atoms with Crippen LogP contribution in [0.15, 0.2) is 12.1 Å². The second-order valence-electron chi connectivity index (χ2n) is 2.77. The molecule has 0 aliphatic heterocycles. The van der Waals surface area contributed by atoms with Crippen molar-refractivity contribution < 1.29 is 14.2 Å². The Bertz CT molecular complexity index is 354. The first-order valence-corrected chi connectivity index (χ1v) is 4.64. The third-order valence-corrected chi connectivity index (χ3v) is 2.17. The van der Waals surface area contributed by atoms with E-state index in [1.54, 1.807) is 19.2 Å². The van der Waals surface area contributed by atoms with Gasteiger partial charge in [-0.2, -0.15) is 0 Å². The Morgan fingerprint density at radius 3 is 1.80 bits per heavy atom. The molecule has 0 radical (unpaired) electrons. The van der Waals surface area contributed by atoms with Crippen molar-refractivity contribution in [1.82, 2.24) is 0 Å². The smallest absolute Gasteiger partial charge is 0.136 e. The topological polar surface area (TPSA) is 53.7 Å². The molecule has 1 aromatic rings. The summed E-state index contributed by atoms with van der Waals surface area (Å²) in [5.41, 5.74) is 6.17. The molecule has 82 valence electrons. The molecule has 0 fully saturated rings. The lowest BCUT2D eigenvalue weighted by Gasteiger charge is -2.13. The summed E-state index contributed by atoms with van der Waals surface area (Å²) in [5, 5.41) is 0. The van der Waals surface area contributed by atoms with E-state index in [1.807, 2.05) is 0 Å². The largest absolute Gasteiger partial charge is 0.496 e. The van der Waals surface area contributed by atoms with E-state index in [4.69, 9.17) is 32.2 Å². The average Bonchev–Trinajstić information content (AvgIpc) is 2.26. The maximum atomic E-state index is 5.59. The van der Waals surface area contributed by atoms with Crippen molar-refractivity contribution in [3.63, 3.8) is 0 Å². The number of methoxy groups -OCH3 is 3. The second-order valence-corrected chi connectivity index (χ2v) is 3.21. The first kappa shape index (κ1) is 11.6. The summed E-state index contributed by atoms with van der Waals surface area (Å²) in [6.07, 6.45) is 0. The van der Waals surface area contributed by atoms with Gasteiger partial charge in [0.15, 0.2) is 0 Å². The highest BCUT2D eigenvalue weighted by Gasteiger charge is 2.14. The van der Waals surface area contributed by atoms with E-state index in [0.717, 1.165) is 0 Å². The van der Waals surface area contributed by atoms with E-state index in [9.17, 15) is 0 Å². The third-order valence-electron chi connectivity index (χ3n) is 1.96. The van der Waals surface area contributed by atoms with Crippen LogP contribution in [0.1, 0.15) is 5.56 Å². The number of benzene rings is 1. The first-order valence-electron chi connectivity index (χ1n) is 4.23. The SMILES string of the molecule is COc1cc(OC)c(C(N)=S)c(OC)c1. The minimum Gasteiger partial charge on any atom is -0.496 e. The van der Waals surface area contributed by atoms with Crippen LogP contribution >= 0.6 is 12.2 Å². The highest BCUT2D eigenvalue weighted by atomic mass is 32.1. The summed E-state index contributed by atoms with van der Waals surface area (Å²) in [5.74, 6) is 1.71. The molecule has 0 heterocycles. The van der Waals surface area contributed by atoms with Crippen molar-refractivity contribution in [1.29, 1.82) is 0 Å². The Hall–Kier alpha value is -1.49. The molecule has 2 N–H and O–H groups in total. The van der Waals surface area contributed by atoms with Crippen molar-refractivity contribution in [2.75, 3.05) is 21.3 Å². The Morgan fingerprint density at radius 2 is 1.53 bits per heavy atom. The van der Waals surface area contributed by atoms with Crippen LogP contribution in [-0.4, -0.2) is 26.3 Å². The van der Waals surface area contributed by atoms with Gasteiger partial charge < -0.3 is 19.9 Å². The van der Waals surface area contributed by atoms with Gasteiger partial charge in [0.05, 0.1) is 26.9 Å². The molecular weight excluding hydrogens is 214 g/mol. The van der Waals surface area contributed by atoms with Gasteiger partial charge >= 0.3 is 0 Å². The van der Waals surface area contributed by atoms with Crippen molar-refractivity contribution in [3.05, 3.63) is 17.7 Å². The maximum absolute atomic E-state index is 5.59. The molecule has 5 heteroatoms. The Labute approximate surface area is 93.9 Å². The van der Waals surface area contributed by atoms with Gasteiger partial charge in [0.1, 0.15) is 22.2 Å². The van der Waals surface area contributed by atoms with Crippen LogP contribution in [0.2, 0.25) is 0 Å². The number of thiocarbonyl (C=S) groups is 1. The highest BCUT2D eigenvalue weighted by molar-refractivity contribution is 7.80. The number of hydrogen-bond acceptors (Lipinski definition) is 4. The van der Waals surface area contributed by atoms with Crippen LogP contribution < -0.4 is 19.9 Å². The van der Waals surface area contributed by atoms with Gasteiger partial charge in [-0.25, -0.2) is 0 Å². The number of ether oxygens (including phenoxy) is 3. The summed E-state index contributed by atoms with van der Waals surface area (Å²) in [7, 11) is 4.64. The van der Waals surface area contributed by atoms with Crippen LogP contribution in [0.4, 0.5) is 0 Å². The normalized spacial score (nSPS) is 9.53. The maximum Gasteiger partial charge on any atom is 0.136 e. The molecule has 1 rings (SSSR count). The third kappa shape index (κ3) is 2.30. The fourth-order valence-corrected chi connectivity index (χ4v) is 1.45. The predicted octanol–water partition coefficient (Wildman–Crippen LogP) is 1.35. The molecule has 1 aromatic carbocycles. The molecule has 0 amide bonds. The average molecular weight is 227 g/mol. The van der Waals surface area contributed by atoms with Crippen LogP contribution in [-0.2, 0) is 0 Å². The zero-order valence-corrected chi connectivity index (χ0v) is 9.68. The summed E-state index contributed by atoms with van der Waals surface area (Å²) < 4.78 is 15.4. The van der Waals surface area contributed by atoms with Crippen molar-refractivity contribution in [3.8, 4) is 17.2 Å². The van der Waals surface area contributed by atoms with Gasteiger partial charge in [-0.15, -0.1) is 0 Å². The summed E-state index contributed by atoms with van der Waals surface area (Å²) in [6.45, 7) is 0.